The number of carbonyl (C=O) groups is 1. The fraction of sp³-hybridized carbons (Fsp3) is 0.409. The number of nitrogens with zero attached hydrogens (tertiary/aromatic N) is 2. The second-order valence-corrected chi connectivity index (χ2v) is 12.0. The Kier molecular flexibility index (Phi) is 5.25. The van der Waals surface area contributed by atoms with Crippen molar-refractivity contribution in [2.75, 3.05) is 11.9 Å². The summed E-state index contributed by atoms with van der Waals surface area (Å²) in [6, 6.07) is 6.19. The number of nitrogens with two attached hydrogens (primary N) is 1. The molecular formula is C22H24ClFN4O4S. The third-order valence-electron chi connectivity index (χ3n) is 6.49. The molecule has 2 aromatic rings. The molecule has 1 amide bonds. The van der Waals surface area contributed by atoms with Crippen LogP contribution in [0.3, 0.4) is 0 Å². The zero-order chi connectivity index (χ0) is 24.4. The Bertz CT molecular complexity index is 1310. The Morgan fingerprint density at radius 3 is 2.64 bits per heavy atom. The highest BCUT2D eigenvalue weighted by atomic mass is 35.5. The lowest BCUT2D eigenvalue weighted by atomic mass is 9.84. The number of anilines is 1. The lowest BCUT2D eigenvalue weighted by molar-refractivity contribution is 0.102. The molecule has 2 aliphatic heterocycles. The van der Waals surface area contributed by atoms with Crippen molar-refractivity contribution in [2.45, 2.75) is 49.4 Å². The molecule has 0 fully saturated rings. The maximum Gasteiger partial charge on any atom is 0.274 e. The number of nitrogens with one attached hydrogen (secondary N) is 1. The number of amidine groups is 1. The minimum absolute atomic E-state index is 0.163. The van der Waals surface area contributed by atoms with Gasteiger partial charge in [-0.3, -0.25) is 9.79 Å². The van der Waals surface area contributed by atoms with E-state index in [0.29, 0.717) is 16.3 Å². The predicted octanol–water partition coefficient (Wildman–Crippen LogP) is 3.52. The average molecular weight is 495 g/mol. The molecule has 4 rings (SSSR count). The molecule has 176 valence electrons. The molecule has 8 nitrogen and oxygen atoms in total. The number of aryl methyl sites for hydroxylation is 1. The molecule has 11 heteroatoms. The predicted molar refractivity (Wildman–Crippen MR) is 124 cm³/mol. The monoisotopic (exact) mass is 494 g/mol. The molecule has 0 saturated heterocycles. The average Bonchev–Trinajstić information content (AvgIpc) is 2.83. The Morgan fingerprint density at radius 1 is 1.27 bits per heavy atom. The van der Waals surface area contributed by atoms with Crippen molar-refractivity contribution in [3.8, 4) is 5.75 Å². The van der Waals surface area contributed by atoms with Gasteiger partial charge in [0.2, 0.25) is 5.00 Å². The minimum atomic E-state index is -4.44. The smallest absolute Gasteiger partial charge is 0.274 e. The maximum absolute atomic E-state index is 16.6. The van der Waals surface area contributed by atoms with Gasteiger partial charge in [-0.15, -0.1) is 0 Å². The number of aromatic nitrogens is 1. The van der Waals surface area contributed by atoms with Gasteiger partial charge in [0, 0.05) is 23.9 Å². The van der Waals surface area contributed by atoms with E-state index in [1.54, 1.807) is 25.1 Å². The van der Waals surface area contributed by atoms with Crippen molar-refractivity contribution in [2.24, 2.45) is 10.7 Å². The van der Waals surface area contributed by atoms with Crippen LogP contribution in [0.1, 0.15) is 48.8 Å². The van der Waals surface area contributed by atoms with Gasteiger partial charge in [0.15, 0.2) is 9.84 Å². The van der Waals surface area contributed by atoms with Crippen LogP contribution in [0.25, 0.3) is 0 Å². The van der Waals surface area contributed by atoms with Gasteiger partial charge in [0.25, 0.3) is 5.91 Å². The summed E-state index contributed by atoms with van der Waals surface area (Å²) in [6.07, 6.45) is 0.940. The van der Waals surface area contributed by atoms with E-state index >= 15 is 4.39 Å². The van der Waals surface area contributed by atoms with Crippen molar-refractivity contribution in [3.05, 3.63) is 52.3 Å². The number of pyridine rings is 1. The molecule has 3 N–H and O–H groups in total. The number of benzene rings is 1. The van der Waals surface area contributed by atoms with Crippen molar-refractivity contribution in [1.82, 2.24) is 4.98 Å². The summed E-state index contributed by atoms with van der Waals surface area (Å²) in [5.74, 6) is -0.431. The Labute approximate surface area is 196 Å². The summed E-state index contributed by atoms with van der Waals surface area (Å²) in [5.41, 5.74) is 5.37. The molecule has 1 aromatic heterocycles. The largest absolute Gasteiger partial charge is 0.493 e. The summed E-state index contributed by atoms with van der Waals surface area (Å²) in [4.78, 5) is 21.2. The van der Waals surface area contributed by atoms with E-state index in [2.05, 4.69) is 15.3 Å². The Morgan fingerprint density at radius 2 is 1.97 bits per heavy atom. The molecule has 0 bridgehead atoms. The number of rotatable bonds is 2. The fourth-order valence-electron chi connectivity index (χ4n) is 4.28. The number of ether oxygens (including phenoxy) is 1. The van der Waals surface area contributed by atoms with E-state index in [0.717, 1.165) is 0 Å². The van der Waals surface area contributed by atoms with Gasteiger partial charge < -0.3 is 15.8 Å². The molecule has 2 aliphatic rings. The lowest BCUT2D eigenvalue weighted by Crippen LogP contribution is -2.65. The quantitative estimate of drug-likeness (QED) is 0.658. The zero-order valence-electron chi connectivity index (χ0n) is 18.6. The third kappa shape index (κ3) is 3.22. The number of amides is 1. The molecule has 0 saturated carbocycles. The van der Waals surface area contributed by atoms with E-state index in [9.17, 15) is 13.2 Å². The van der Waals surface area contributed by atoms with Crippen LogP contribution in [0.2, 0.25) is 5.02 Å². The third-order valence-corrected chi connectivity index (χ3v) is 9.70. The summed E-state index contributed by atoms with van der Waals surface area (Å²) >= 11 is 5.91. The van der Waals surface area contributed by atoms with Gasteiger partial charge in [-0.25, -0.2) is 17.8 Å². The molecular weight excluding hydrogens is 471 g/mol. The number of carbonyl (C=O) groups excluding carboxylic acids is 1. The van der Waals surface area contributed by atoms with Gasteiger partial charge >= 0.3 is 0 Å². The first kappa shape index (κ1) is 23.4. The minimum Gasteiger partial charge on any atom is -0.493 e. The molecule has 33 heavy (non-hydrogen) atoms. The first-order valence-corrected chi connectivity index (χ1v) is 12.1. The van der Waals surface area contributed by atoms with Crippen LogP contribution in [0, 0.1) is 6.92 Å². The van der Waals surface area contributed by atoms with Crippen LogP contribution in [0.5, 0.6) is 5.75 Å². The summed E-state index contributed by atoms with van der Waals surface area (Å²) in [6.45, 7) is 5.60. The van der Waals surface area contributed by atoms with E-state index in [1.165, 1.54) is 33.0 Å². The van der Waals surface area contributed by atoms with Crippen LogP contribution in [-0.4, -0.2) is 41.5 Å². The molecule has 0 radical (unpaired) electrons. The first-order valence-electron chi connectivity index (χ1n) is 10.2. The molecule has 0 spiro atoms. The second kappa shape index (κ2) is 7.39. The topological polar surface area (TPSA) is 124 Å². The van der Waals surface area contributed by atoms with Crippen molar-refractivity contribution in [3.63, 3.8) is 0 Å². The fourth-order valence-corrected chi connectivity index (χ4v) is 6.65. The van der Waals surface area contributed by atoms with Crippen molar-refractivity contribution in [1.29, 1.82) is 0 Å². The van der Waals surface area contributed by atoms with Crippen LogP contribution in [0.4, 0.5) is 10.1 Å². The molecule has 1 aromatic carbocycles. The van der Waals surface area contributed by atoms with Crippen LogP contribution >= 0.6 is 11.6 Å². The van der Waals surface area contributed by atoms with Gasteiger partial charge in [-0.1, -0.05) is 11.6 Å². The Hall–Kier alpha value is -2.72. The highest BCUT2D eigenvalue weighted by molar-refractivity contribution is 7.94. The maximum atomic E-state index is 16.6. The van der Waals surface area contributed by atoms with E-state index in [-0.39, 0.29) is 29.4 Å². The number of fused-ring (bicyclic) bond motifs is 3. The number of alkyl halides is 1. The van der Waals surface area contributed by atoms with Crippen LogP contribution in [-0.2, 0) is 15.4 Å². The van der Waals surface area contributed by atoms with E-state index < -0.39 is 37.5 Å². The number of halogens is 2. The first-order chi connectivity index (χ1) is 15.2. The summed E-state index contributed by atoms with van der Waals surface area (Å²) in [7, 11) is -4.44. The zero-order valence-corrected chi connectivity index (χ0v) is 20.1. The van der Waals surface area contributed by atoms with Crippen molar-refractivity contribution < 1.29 is 22.3 Å². The summed E-state index contributed by atoms with van der Waals surface area (Å²) < 4.78 is 47.4. The highest BCUT2D eigenvalue weighted by Crippen LogP contribution is 2.55. The van der Waals surface area contributed by atoms with Gasteiger partial charge in [-0.2, -0.15) is 0 Å². The van der Waals surface area contributed by atoms with Crippen molar-refractivity contribution >= 4 is 38.9 Å². The summed E-state index contributed by atoms with van der Waals surface area (Å²) in [5, 5.41) is 0.340. The molecule has 2 atom stereocenters. The number of hydrogen-bond acceptors (Lipinski definition) is 7. The SMILES string of the molecule is Cc1cc(Cl)cnc1C(=O)Nc1ccc2c(c1)[C@@]1(C)N=C(N)C(C)(C)S(=O)(=O)[C@]1(F)CCO2. The molecule has 0 aliphatic carbocycles. The van der Waals surface area contributed by atoms with Crippen LogP contribution < -0.4 is 15.8 Å². The lowest BCUT2D eigenvalue weighted by Gasteiger charge is -2.47. The van der Waals surface area contributed by atoms with E-state index in [1.807, 2.05) is 0 Å². The number of aliphatic imine (C=N–C) groups is 1. The van der Waals surface area contributed by atoms with Gasteiger partial charge in [0.1, 0.15) is 27.6 Å². The highest BCUT2D eigenvalue weighted by Gasteiger charge is 2.69. The van der Waals surface area contributed by atoms with Gasteiger partial charge in [-0.05, 0) is 57.5 Å². The van der Waals surface area contributed by atoms with Gasteiger partial charge in [0.05, 0.1) is 11.6 Å². The standard InChI is InChI=1S/C22H24ClFN4O4S/c1-12-9-13(23)11-26-17(12)18(29)27-14-5-6-16-15(10-14)21(4)22(24,7-8-32-16)33(30,31)20(2,3)19(25)28-21/h5-6,9-11H,7-8H2,1-4H3,(H2,25,28)(H,27,29)/t21-,22-/m1/s1. The number of hydrogen-bond donors (Lipinski definition) is 2. The normalized spacial score (nSPS) is 27.3. The molecule has 3 heterocycles. The Balaban J connectivity index is 1.83. The second-order valence-electron chi connectivity index (χ2n) is 8.89. The van der Waals surface area contributed by atoms with Crippen LogP contribution in [0.15, 0.2) is 35.5 Å². The number of sulfone groups is 1. The molecule has 0 unspecified atom stereocenters. The van der Waals surface area contributed by atoms with E-state index in [4.69, 9.17) is 22.1 Å².